The number of fused-ring (bicyclic) bond motifs is 1. The summed E-state index contributed by atoms with van der Waals surface area (Å²) in [6, 6.07) is 16.5. The number of nitrogens with two attached hydrogens (primary N) is 1. The molecule has 0 unspecified atom stereocenters. The molecule has 0 bridgehead atoms. The van der Waals surface area contributed by atoms with Crippen LogP contribution in [0.1, 0.15) is 56.2 Å². The Morgan fingerprint density at radius 2 is 1.60 bits per heavy atom. The lowest BCUT2D eigenvalue weighted by molar-refractivity contribution is -0.143. The summed E-state index contributed by atoms with van der Waals surface area (Å²) in [5, 5.41) is 8.67. The van der Waals surface area contributed by atoms with Gasteiger partial charge in [0.2, 0.25) is 17.7 Å². The van der Waals surface area contributed by atoms with Crippen LogP contribution in [-0.2, 0) is 19.2 Å². The second-order valence-corrected chi connectivity index (χ2v) is 10.4. The fourth-order valence-corrected chi connectivity index (χ4v) is 5.70. The van der Waals surface area contributed by atoms with Crippen molar-refractivity contribution in [3.63, 3.8) is 0 Å². The van der Waals surface area contributed by atoms with E-state index in [4.69, 9.17) is 12.2 Å². The molecule has 5 N–H and O–H groups in total. The van der Waals surface area contributed by atoms with Crippen molar-refractivity contribution in [3.8, 4) is 12.3 Å². The van der Waals surface area contributed by atoms with E-state index in [-0.39, 0.29) is 30.4 Å². The smallest absolute Gasteiger partial charge is 0.295 e. The number of carbonyl (C=O) groups is 4. The fourth-order valence-electron chi connectivity index (χ4n) is 5.70. The maximum Gasteiger partial charge on any atom is 0.295 e. The summed E-state index contributed by atoms with van der Waals surface area (Å²) in [6.07, 6.45) is 8.00. The molecule has 40 heavy (non-hydrogen) atoms. The molecule has 0 saturated carbocycles. The van der Waals surface area contributed by atoms with Gasteiger partial charge in [-0.3, -0.25) is 19.2 Å². The SMILES string of the molecule is C#CC(=O)NC[C@H]1CC[C@H]2CC[C@@H](C(=O)NC(c3ccccc3)c3ccccc3)N2C(=O)[C@H]1NC(=O)[C@@H](N)CC. The Bertz CT molecular complexity index is 1210. The summed E-state index contributed by atoms with van der Waals surface area (Å²) >= 11 is 0. The first-order valence-corrected chi connectivity index (χ1v) is 13.9. The van der Waals surface area contributed by atoms with Crippen LogP contribution in [0.5, 0.6) is 0 Å². The average Bonchev–Trinajstić information content (AvgIpc) is 3.37. The molecule has 4 amide bonds. The van der Waals surface area contributed by atoms with Crippen LogP contribution >= 0.6 is 0 Å². The molecule has 5 atom stereocenters. The zero-order valence-corrected chi connectivity index (χ0v) is 22.7. The Morgan fingerprint density at radius 1 is 1.00 bits per heavy atom. The number of benzene rings is 2. The molecule has 2 heterocycles. The van der Waals surface area contributed by atoms with Gasteiger partial charge in [0.25, 0.3) is 5.91 Å². The van der Waals surface area contributed by atoms with E-state index in [2.05, 4.69) is 16.0 Å². The van der Waals surface area contributed by atoms with Gasteiger partial charge in [0.05, 0.1) is 12.1 Å². The zero-order valence-electron chi connectivity index (χ0n) is 22.7. The third-order valence-electron chi connectivity index (χ3n) is 7.95. The van der Waals surface area contributed by atoms with E-state index in [1.54, 1.807) is 11.8 Å². The molecule has 0 aromatic heterocycles. The molecule has 2 aromatic rings. The van der Waals surface area contributed by atoms with Crippen molar-refractivity contribution in [2.24, 2.45) is 11.7 Å². The maximum absolute atomic E-state index is 14.1. The van der Waals surface area contributed by atoms with Crippen LogP contribution in [-0.4, -0.2) is 59.2 Å². The largest absolute Gasteiger partial charge is 0.345 e. The van der Waals surface area contributed by atoms with Crippen molar-refractivity contribution in [2.75, 3.05) is 6.54 Å². The highest BCUT2D eigenvalue weighted by atomic mass is 16.2. The number of nitrogens with zero attached hydrogens (tertiary/aromatic N) is 1. The Labute approximate surface area is 235 Å². The number of amides is 4. The number of hydrogen-bond donors (Lipinski definition) is 4. The molecule has 210 valence electrons. The summed E-state index contributed by atoms with van der Waals surface area (Å²) in [5.74, 6) is 0.00444. The van der Waals surface area contributed by atoms with E-state index in [1.807, 2.05) is 66.6 Å². The Balaban J connectivity index is 1.59. The fraction of sp³-hybridized carbons (Fsp3) is 0.419. The molecule has 2 aliphatic rings. The molecule has 2 fully saturated rings. The van der Waals surface area contributed by atoms with Gasteiger partial charge >= 0.3 is 0 Å². The number of terminal acetylenes is 1. The lowest BCUT2D eigenvalue weighted by atomic mass is 9.92. The normalized spacial score (nSPS) is 22.9. The first-order valence-electron chi connectivity index (χ1n) is 13.9. The van der Waals surface area contributed by atoms with Crippen LogP contribution < -0.4 is 21.7 Å². The minimum atomic E-state index is -0.944. The number of hydrogen-bond acceptors (Lipinski definition) is 5. The predicted molar refractivity (Wildman–Crippen MR) is 151 cm³/mol. The quantitative estimate of drug-likeness (QED) is 0.357. The summed E-state index contributed by atoms with van der Waals surface area (Å²) in [6.45, 7) is 1.92. The second-order valence-electron chi connectivity index (χ2n) is 10.4. The van der Waals surface area contributed by atoms with Gasteiger partial charge in [0.1, 0.15) is 12.1 Å². The van der Waals surface area contributed by atoms with Crippen LogP contribution in [0.3, 0.4) is 0 Å². The second kappa shape index (κ2) is 13.3. The molecule has 2 aromatic carbocycles. The topological polar surface area (TPSA) is 134 Å². The number of carbonyl (C=O) groups excluding carboxylic acids is 4. The Kier molecular flexibility index (Phi) is 9.56. The van der Waals surface area contributed by atoms with Gasteiger partial charge in [-0.1, -0.05) is 67.6 Å². The standard InChI is InChI=1S/C31H37N5O4/c1-3-24(32)29(38)35-28-22(19-33-26(37)4-2)15-16-23-17-18-25(36(23)31(28)40)30(39)34-27(20-11-7-5-8-12-20)21-13-9-6-10-14-21/h2,5-14,22-25,27-28H,3,15-19,32H2,1H3,(H,33,37)(H,34,39)(H,35,38)/t22-,23+,24+,25+,28+/m1/s1. The predicted octanol–water partition coefficient (Wildman–Crippen LogP) is 1.63. The van der Waals surface area contributed by atoms with Crippen molar-refractivity contribution < 1.29 is 19.2 Å². The highest BCUT2D eigenvalue weighted by Gasteiger charge is 2.48. The van der Waals surface area contributed by atoms with Crippen LogP contribution in [0.4, 0.5) is 0 Å². The number of nitrogens with one attached hydrogen (secondary N) is 3. The van der Waals surface area contributed by atoms with Crippen molar-refractivity contribution in [3.05, 3.63) is 71.8 Å². The van der Waals surface area contributed by atoms with Crippen LogP contribution in [0.25, 0.3) is 0 Å². The third-order valence-corrected chi connectivity index (χ3v) is 7.95. The third kappa shape index (κ3) is 6.52. The zero-order chi connectivity index (χ0) is 28.6. The van der Waals surface area contributed by atoms with Gasteiger partial charge in [0.15, 0.2) is 0 Å². The molecule has 2 aliphatic heterocycles. The molecule has 0 radical (unpaired) electrons. The van der Waals surface area contributed by atoms with Gasteiger partial charge in [-0.15, -0.1) is 6.42 Å². The lowest BCUT2D eigenvalue weighted by Crippen LogP contribution is -2.59. The van der Waals surface area contributed by atoms with Crippen LogP contribution in [0.2, 0.25) is 0 Å². The van der Waals surface area contributed by atoms with Crippen molar-refractivity contribution in [2.45, 2.75) is 69.2 Å². The summed E-state index contributed by atoms with van der Waals surface area (Å²) in [5.41, 5.74) is 7.82. The number of rotatable bonds is 9. The van der Waals surface area contributed by atoms with E-state index in [9.17, 15) is 19.2 Å². The van der Waals surface area contributed by atoms with Gasteiger partial charge in [-0.05, 0) is 49.2 Å². The molecule has 0 aliphatic carbocycles. The van der Waals surface area contributed by atoms with Crippen molar-refractivity contribution in [1.82, 2.24) is 20.9 Å². The van der Waals surface area contributed by atoms with Crippen LogP contribution in [0, 0.1) is 18.3 Å². The molecule has 0 spiro atoms. The molecular formula is C31H37N5O4. The Hall–Kier alpha value is -4.16. The van der Waals surface area contributed by atoms with Crippen LogP contribution in [0.15, 0.2) is 60.7 Å². The van der Waals surface area contributed by atoms with Crippen molar-refractivity contribution >= 4 is 23.6 Å². The lowest BCUT2D eigenvalue weighted by Gasteiger charge is -2.33. The highest BCUT2D eigenvalue weighted by Crippen LogP contribution is 2.34. The van der Waals surface area contributed by atoms with Gasteiger partial charge < -0.3 is 26.6 Å². The van der Waals surface area contributed by atoms with Gasteiger partial charge in [-0.25, -0.2) is 0 Å². The van der Waals surface area contributed by atoms with E-state index in [1.165, 1.54) is 0 Å². The average molecular weight is 544 g/mol. The van der Waals surface area contributed by atoms with E-state index in [0.29, 0.717) is 32.1 Å². The maximum atomic E-state index is 14.1. The minimum absolute atomic E-state index is 0.128. The van der Waals surface area contributed by atoms with Gasteiger partial charge in [-0.2, -0.15) is 0 Å². The van der Waals surface area contributed by atoms with Crippen molar-refractivity contribution in [1.29, 1.82) is 0 Å². The molecular weight excluding hydrogens is 506 g/mol. The van der Waals surface area contributed by atoms with Gasteiger partial charge in [0, 0.05) is 18.5 Å². The monoisotopic (exact) mass is 543 g/mol. The molecule has 9 nitrogen and oxygen atoms in total. The first-order chi connectivity index (χ1) is 19.3. The summed E-state index contributed by atoms with van der Waals surface area (Å²) in [7, 11) is 0. The van der Waals surface area contributed by atoms with E-state index in [0.717, 1.165) is 11.1 Å². The molecule has 9 heteroatoms. The minimum Gasteiger partial charge on any atom is -0.345 e. The summed E-state index contributed by atoms with van der Waals surface area (Å²) in [4.78, 5) is 54.1. The summed E-state index contributed by atoms with van der Waals surface area (Å²) < 4.78 is 0. The Morgan fingerprint density at radius 3 is 2.17 bits per heavy atom. The molecule has 2 saturated heterocycles. The van der Waals surface area contributed by atoms with E-state index >= 15 is 0 Å². The molecule has 4 rings (SSSR count). The van der Waals surface area contributed by atoms with E-state index < -0.39 is 35.9 Å². The first kappa shape index (κ1) is 28.8. The highest BCUT2D eigenvalue weighted by molar-refractivity contribution is 5.95.